The summed E-state index contributed by atoms with van der Waals surface area (Å²) in [5.41, 5.74) is 1.76. The molecule has 0 bridgehead atoms. The van der Waals surface area contributed by atoms with Crippen LogP contribution in [0.5, 0.6) is 0 Å². The minimum absolute atomic E-state index is 0.672. The Kier molecular flexibility index (Phi) is 4.28. The van der Waals surface area contributed by atoms with Crippen LogP contribution in [0.2, 0.25) is 0 Å². The third-order valence-electron chi connectivity index (χ3n) is 2.81. The first-order valence-electron chi connectivity index (χ1n) is 6.25. The molecule has 0 N–H and O–H groups in total. The van der Waals surface area contributed by atoms with Gasteiger partial charge in [0.15, 0.2) is 0 Å². The first kappa shape index (κ1) is 13.8. The zero-order chi connectivity index (χ0) is 14.5. The van der Waals surface area contributed by atoms with E-state index in [9.17, 15) is 0 Å². The molecule has 0 amide bonds. The minimum atomic E-state index is 0.672. The average molecular weight is 313 g/mol. The van der Waals surface area contributed by atoms with Gasteiger partial charge in [0.2, 0.25) is 5.16 Å². The van der Waals surface area contributed by atoms with E-state index in [1.165, 1.54) is 4.88 Å². The molecule has 0 aliphatic carbocycles. The smallest absolute Gasteiger partial charge is 0.209 e. The first-order chi connectivity index (χ1) is 10.3. The normalized spacial score (nSPS) is 10.4. The Morgan fingerprint density at radius 1 is 1.29 bits per heavy atom. The standard InChI is InChI=1S/C14H11N5S2/c15-8-11-3-1-4-12(7-11)10-21-14-16-17-18-19(14)9-13-5-2-6-20-13/h1-7H,9-10H2. The van der Waals surface area contributed by atoms with Crippen LogP contribution >= 0.6 is 23.1 Å². The molecule has 0 radical (unpaired) electrons. The van der Waals surface area contributed by atoms with Gasteiger partial charge in [-0.25, -0.2) is 4.68 Å². The van der Waals surface area contributed by atoms with E-state index in [1.54, 1.807) is 33.8 Å². The Labute approximate surface area is 130 Å². The van der Waals surface area contributed by atoms with Crippen molar-refractivity contribution in [2.24, 2.45) is 0 Å². The van der Waals surface area contributed by atoms with Crippen LogP contribution in [-0.4, -0.2) is 20.2 Å². The van der Waals surface area contributed by atoms with Gasteiger partial charge in [-0.05, 0) is 39.6 Å². The van der Waals surface area contributed by atoms with Crippen LogP contribution in [0.25, 0.3) is 0 Å². The van der Waals surface area contributed by atoms with Gasteiger partial charge in [0.05, 0.1) is 18.2 Å². The van der Waals surface area contributed by atoms with E-state index in [4.69, 9.17) is 5.26 Å². The van der Waals surface area contributed by atoms with Crippen LogP contribution < -0.4 is 0 Å². The van der Waals surface area contributed by atoms with Crippen LogP contribution in [0.1, 0.15) is 16.0 Å². The molecule has 0 aliphatic heterocycles. The van der Waals surface area contributed by atoms with E-state index in [2.05, 4.69) is 27.7 Å². The van der Waals surface area contributed by atoms with E-state index in [-0.39, 0.29) is 0 Å². The molecule has 0 spiro atoms. The molecular weight excluding hydrogens is 302 g/mol. The third-order valence-corrected chi connectivity index (χ3v) is 4.70. The second-order valence-corrected chi connectivity index (χ2v) is 6.27. The topological polar surface area (TPSA) is 67.4 Å². The molecule has 2 heterocycles. The average Bonchev–Trinajstić information content (AvgIpc) is 3.18. The van der Waals surface area contributed by atoms with Gasteiger partial charge in [-0.15, -0.1) is 16.4 Å². The van der Waals surface area contributed by atoms with Gasteiger partial charge in [0, 0.05) is 10.6 Å². The van der Waals surface area contributed by atoms with Crippen molar-refractivity contribution in [1.82, 2.24) is 20.2 Å². The van der Waals surface area contributed by atoms with Crippen molar-refractivity contribution in [3.05, 3.63) is 57.8 Å². The Hall–Kier alpha value is -2.17. The lowest BCUT2D eigenvalue weighted by Crippen LogP contribution is -2.02. The highest BCUT2D eigenvalue weighted by molar-refractivity contribution is 7.98. The molecule has 1 aromatic carbocycles. The fourth-order valence-electron chi connectivity index (χ4n) is 1.83. The number of aromatic nitrogens is 4. The molecule has 3 aromatic rings. The Morgan fingerprint density at radius 2 is 2.24 bits per heavy atom. The molecule has 21 heavy (non-hydrogen) atoms. The molecule has 7 heteroatoms. The number of thioether (sulfide) groups is 1. The monoisotopic (exact) mass is 313 g/mol. The van der Waals surface area contributed by atoms with Gasteiger partial charge in [-0.2, -0.15) is 5.26 Å². The van der Waals surface area contributed by atoms with Crippen molar-refractivity contribution in [2.75, 3.05) is 0 Å². The van der Waals surface area contributed by atoms with Crippen molar-refractivity contribution in [3.63, 3.8) is 0 Å². The summed E-state index contributed by atoms with van der Waals surface area (Å²) >= 11 is 3.26. The highest BCUT2D eigenvalue weighted by Crippen LogP contribution is 2.21. The zero-order valence-corrected chi connectivity index (χ0v) is 12.6. The summed E-state index contributed by atoms with van der Waals surface area (Å²) in [6, 6.07) is 13.8. The molecule has 3 rings (SSSR count). The van der Waals surface area contributed by atoms with Crippen molar-refractivity contribution in [1.29, 1.82) is 5.26 Å². The van der Waals surface area contributed by atoms with Gasteiger partial charge in [0.1, 0.15) is 0 Å². The van der Waals surface area contributed by atoms with Gasteiger partial charge in [0.25, 0.3) is 0 Å². The number of hydrogen-bond donors (Lipinski definition) is 0. The Balaban J connectivity index is 1.68. The molecule has 0 atom stereocenters. The summed E-state index contributed by atoms with van der Waals surface area (Å²) in [7, 11) is 0. The lowest BCUT2D eigenvalue weighted by Gasteiger charge is -2.03. The highest BCUT2D eigenvalue weighted by atomic mass is 32.2. The predicted molar refractivity (Wildman–Crippen MR) is 82.0 cm³/mol. The summed E-state index contributed by atoms with van der Waals surface area (Å²) in [6.07, 6.45) is 0. The maximum atomic E-state index is 8.91. The Bertz CT molecular complexity index is 758. The van der Waals surface area contributed by atoms with E-state index >= 15 is 0 Å². The summed E-state index contributed by atoms with van der Waals surface area (Å²) in [5, 5.41) is 23.6. The molecule has 2 aromatic heterocycles. The predicted octanol–water partition coefficient (Wildman–Crippen LogP) is 2.95. The van der Waals surface area contributed by atoms with Crippen LogP contribution in [0.3, 0.4) is 0 Å². The molecule has 0 unspecified atom stereocenters. The quantitative estimate of drug-likeness (QED) is 0.677. The van der Waals surface area contributed by atoms with Gasteiger partial charge in [-0.1, -0.05) is 30.0 Å². The number of thiophene rings is 1. The number of nitrogens with zero attached hydrogens (tertiary/aromatic N) is 5. The maximum Gasteiger partial charge on any atom is 0.209 e. The number of rotatable bonds is 5. The molecule has 104 valence electrons. The summed E-state index contributed by atoms with van der Waals surface area (Å²) in [6.45, 7) is 0.686. The van der Waals surface area contributed by atoms with Crippen molar-refractivity contribution in [3.8, 4) is 6.07 Å². The Morgan fingerprint density at radius 3 is 3.05 bits per heavy atom. The largest absolute Gasteiger partial charge is 0.215 e. The lowest BCUT2D eigenvalue weighted by atomic mass is 10.2. The third kappa shape index (κ3) is 3.48. The second kappa shape index (κ2) is 6.52. The minimum Gasteiger partial charge on any atom is -0.215 e. The number of hydrogen-bond acceptors (Lipinski definition) is 6. The summed E-state index contributed by atoms with van der Waals surface area (Å²) in [5.74, 6) is 0.736. The van der Waals surface area contributed by atoms with Gasteiger partial charge in [-0.3, -0.25) is 0 Å². The molecule has 0 aliphatic rings. The van der Waals surface area contributed by atoms with Crippen LogP contribution in [0.4, 0.5) is 0 Å². The molecule has 0 saturated carbocycles. The lowest BCUT2D eigenvalue weighted by molar-refractivity contribution is 0.608. The highest BCUT2D eigenvalue weighted by Gasteiger charge is 2.08. The molecule has 0 saturated heterocycles. The fraction of sp³-hybridized carbons (Fsp3) is 0.143. The van der Waals surface area contributed by atoms with Gasteiger partial charge < -0.3 is 0 Å². The van der Waals surface area contributed by atoms with E-state index < -0.39 is 0 Å². The maximum absolute atomic E-state index is 8.91. The van der Waals surface area contributed by atoms with Crippen molar-refractivity contribution < 1.29 is 0 Å². The molecular formula is C14H11N5S2. The van der Waals surface area contributed by atoms with Gasteiger partial charge >= 0.3 is 0 Å². The number of nitriles is 1. The van der Waals surface area contributed by atoms with Crippen LogP contribution in [0.15, 0.2) is 46.9 Å². The van der Waals surface area contributed by atoms with E-state index in [0.717, 1.165) is 16.5 Å². The zero-order valence-electron chi connectivity index (χ0n) is 11.0. The van der Waals surface area contributed by atoms with E-state index in [0.29, 0.717) is 12.1 Å². The molecule has 5 nitrogen and oxygen atoms in total. The second-order valence-electron chi connectivity index (χ2n) is 4.30. The van der Waals surface area contributed by atoms with Crippen LogP contribution in [0, 0.1) is 11.3 Å². The summed E-state index contributed by atoms with van der Waals surface area (Å²) < 4.78 is 1.80. The SMILES string of the molecule is N#Cc1cccc(CSc2nnnn2Cc2cccs2)c1. The van der Waals surface area contributed by atoms with Crippen molar-refractivity contribution in [2.45, 2.75) is 17.5 Å². The number of tetrazole rings is 1. The molecule has 0 fully saturated rings. The fourth-order valence-corrected chi connectivity index (χ4v) is 3.33. The summed E-state index contributed by atoms with van der Waals surface area (Å²) in [4.78, 5) is 1.22. The first-order valence-corrected chi connectivity index (χ1v) is 8.12. The van der Waals surface area contributed by atoms with Crippen LogP contribution in [-0.2, 0) is 12.3 Å². The number of benzene rings is 1. The van der Waals surface area contributed by atoms with Crippen molar-refractivity contribution >= 4 is 23.1 Å². The van der Waals surface area contributed by atoms with E-state index in [1.807, 2.05) is 29.6 Å².